The Morgan fingerprint density at radius 1 is 1.08 bits per heavy atom. The molecule has 9 nitrogen and oxygen atoms in total. The summed E-state index contributed by atoms with van der Waals surface area (Å²) in [5, 5.41) is 10.6. The second kappa shape index (κ2) is 9.25. The van der Waals surface area contributed by atoms with E-state index in [0.717, 1.165) is 46.4 Å². The number of carbonyl (C=O) groups is 3. The molecule has 6 rings (SSSR count). The molecule has 0 aliphatic carbocycles. The van der Waals surface area contributed by atoms with Crippen molar-refractivity contribution in [1.82, 2.24) is 30.3 Å². The van der Waals surface area contributed by atoms with Gasteiger partial charge in [0, 0.05) is 48.8 Å². The third-order valence-corrected chi connectivity index (χ3v) is 7.11. The van der Waals surface area contributed by atoms with Gasteiger partial charge in [0.15, 0.2) is 0 Å². The lowest BCUT2D eigenvalue weighted by Gasteiger charge is -2.29. The Morgan fingerprint density at radius 2 is 1.97 bits per heavy atom. The fourth-order valence-corrected chi connectivity index (χ4v) is 5.29. The molecule has 0 spiro atoms. The van der Waals surface area contributed by atoms with Crippen LogP contribution in [0.5, 0.6) is 0 Å². The summed E-state index contributed by atoms with van der Waals surface area (Å²) in [6.07, 6.45) is 4.26. The molecule has 1 atom stereocenters. The average Bonchev–Trinajstić information content (AvgIpc) is 3.49. The Hall–Kier alpha value is -4.37. The quantitative estimate of drug-likeness (QED) is 0.399. The number of benzene rings is 2. The molecular formula is C28H26N6O3. The minimum Gasteiger partial charge on any atom is -0.322 e. The van der Waals surface area contributed by atoms with Crippen LogP contribution in [-0.4, -0.2) is 55.8 Å². The molecule has 3 amide bonds. The molecule has 0 radical (unpaired) electrons. The van der Waals surface area contributed by atoms with Crippen molar-refractivity contribution in [3.63, 3.8) is 0 Å². The van der Waals surface area contributed by atoms with E-state index in [9.17, 15) is 14.4 Å². The van der Waals surface area contributed by atoms with Gasteiger partial charge >= 0.3 is 0 Å². The van der Waals surface area contributed by atoms with Gasteiger partial charge in [-0.3, -0.25) is 34.7 Å². The molecule has 0 bridgehead atoms. The maximum absolute atomic E-state index is 13.0. The van der Waals surface area contributed by atoms with Crippen molar-refractivity contribution in [3.8, 4) is 11.3 Å². The van der Waals surface area contributed by atoms with Crippen molar-refractivity contribution in [2.24, 2.45) is 0 Å². The first kappa shape index (κ1) is 23.1. The average molecular weight is 495 g/mol. The summed E-state index contributed by atoms with van der Waals surface area (Å²) in [4.78, 5) is 45.2. The number of piperidine rings is 1. The number of amides is 3. The first-order chi connectivity index (χ1) is 18.0. The van der Waals surface area contributed by atoms with Crippen LogP contribution in [0.15, 0.2) is 60.9 Å². The van der Waals surface area contributed by atoms with Crippen molar-refractivity contribution in [2.75, 3.05) is 7.05 Å². The lowest BCUT2D eigenvalue weighted by atomic mass is 10.0. The van der Waals surface area contributed by atoms with Crippen LogP contribution in [0.3, 0.4) is 0 Å². The first-order valence-corrected chi connectivity index (χ1v) is 12.3. The molecule has 2 aromatic carbocycles. The SMILES string of the molecule is CN(Cc1ccnc(-c2ccc3c(c2)CN(C2CCC(=O)NC2=O)C3=O)c1)Cc1cccc2[nH]ncc12. The van der Waals surface area contributed by atoms with Crippen LogP contribution in [0.25, 0.3) is 22.2 Å². The second-order valence-corrected chi connectivity index (χ2v) is 9.74. The van der Waals surface area contributed by atoms with E-state index >= 15 is 0 Å². The van der Waals surface area contributed by atoms with Crippen LogP contribution >= 0.6 is 0 Å². The van der Waals surface area contributed by atoms with Gasteiger partial charge in [0.05, 0.1) is 17.4 Å². The Kier molecular flexibility index (Phi) is 5.77. The lowest BCUT2D eigenvalue weighted by molar-refractivity contribution is -0.136. The second-order valence-electron chi connectivity index (χ2n) is 9.74. The summed E-state index contributed by atoms with van der Waals surface area (Å²) in [5.41, 5.74) is 6.59. The minimum absolute atomic E-state index is 0.174. The van der Waals surface area contributed by atoms with E-state index in [1.54, 1.807) is 4.90 Å². The molecule has 186 valence electrons. The first-order valence-electron chi connectivity index (χ1n) is 12.3. The highest BCUT2D eigenvalue weighted by Gasteiger charge is 2.39. The zero-order valence-electron chi connectivity index (χ0n) is 20.4. The van der Waals surface area contributed by atoms with Crippen LogP contribution in [0.4, 0.5) is 0 Å². The summed E-state index contributed by atoms with van der Waals surface area (Å²) in [5.74, 6) is -0.866. The highest BCUT2D eigenvalue weighted by Crippen LogP contribution is 2.31. The van der Waals surface area contributed by atoms with Gasteiger partial charge in [-0.2, -0.15) is 5.10 Å². The monoisotopic (exact) mass is 494 g/mol. The lowest BCUT2D eigenvalue weighted by Crippen LogP contribution is -2.52. The number of pyridine rings is 1. The Balaban J connectivity index is 1.18. The Labute approximate surface area is 213 Å². The van der Waals surface area contributed by atoms with E-state index in [0.29, 0.717) is 18.5 Å². The highest BCUT2D eigenvalue weighted by atomic mass is 16.2. The molecule has 2 aromatic heterocycles. The standard InChI is InChI=1S/C28H26N6O3/c1-33(15-19-3-2-4-23-22(19)13-30-32-23)14-17-9-10-29-24(11-17)18-5-6-21-20(12-18)16-34(28(21)37)25-7-8-26(35)31-27(25)36/h2-6,9-13,25H,7-8,14-16H2,1H3,(H,30,32)(H,31,35,36). The molecular weight excluding hydrogens is 468 g/mol. The van der Waals surface area contributed by atoms with Gasteiger partial charge in [-0.15, -0.1) is 0 Å². The van der Waals surface area contributed by atoms with E-state index in [-0.39, 0.29) is 18.2 Å². The number of aromatic amines is 1. The van der Waals surface area contributed by atoms with E-state index in [1.807, 2.05) is 48.8 Å². The normalized spacial score (nSPS) is 17.5. The summed E-state index contributed by atoms with van der Waals surface area (Å²) < 4.78 is 0. The molecule has 9 heteroatoms. The smallest absolute Gasteiger partial charge is 0.255 e. The molecule has 4 heterocycles. The van der Waals surface area contributed by atoms with Crippen molar-refractivity contribution >= 4 is 28.6 Å². The van der Waals surface area contributed by atoms with E-state index in [4.69, 9.17) is 0 Å². The summed E-state index contributed by atoms with van der Waals surface area (Å²) in [6.45, 7) is 1.87. The van der Waals surface area contributed by atoms with Gasteiger partial charge in [0.1, 0.15) is 6.04 Å². The van der Waals surface area contributed by atoms with E-state index in [2.05, 4.69) is 44.6 Å². The van der Waals surface area contributed by atoms with Crippen LogP contribution in [0.2, 0.25) is 0 Å². The third kappa shape index (κ3) is 4.38. The maximum Gasteiger partial charge on any atom is 0.255 e. The number of fused-ring (bicyclic) bond motifs is 2. The number of hydrogen-bond acceptors (Lipinski definition) is 6. The third-order valence-electron chi connectivity index (χ3n) is 7.11. The van der Waals surface area contributed by atoms with Crippen LogP contribution in [0.1, 0.15) is 39.9 Å². The fraction of sp³-hybridized carbons (Fsp3) is 0.250. The largest absolute Gasteiger partial charge is 0.322 e. The number of carbonyl (C=O) groups excluding carboxylic acids is 3. The zero-order valence-corrected chi connectivity index (χ0v) is 20.4. The van der Waals surface area contributed by atoms with Crippen LogP contribution in [-0.2, 0) is 29.2 Å². The summed E-state index contributed by atoms with van der Waals surface area (Å²) in [7, 11) is 2.09. The molecule has 1 unspecified atom stereocenters. The minimum atomic E-state index is -0.620. The number of hydrogen-bond donors (Lipinski definition) is 2. The van der Waals surface area contributed by atoms with E-state index < -0.39 is 11.9 Å². The molecule has 2 aliphatic heterocycles. The number of aromatic nitrogens is 3. The number of nitrogens with one attached hydrogen (secondary N) is 2. The van der Waals surface area contributed by atoms with Crippen LogP contribution < -0.4 is 5.32 Å². The van der Waals surface area contributed by atoms with Gasteiger partial charge in [0.2, 0.25) is 11.8 Å². The number of imide groups is 1. The fourth-order valence-electron chi connectivity index (χ4n) is 5.29. The van der Waals surface area contributed by atoms with Crippen molar-refractivity contribution in [1.29, 1.82) is 0 Å². The number of nitrogens with zero attached hydrogens (tertiary/aromatic N) is 4. The predicted octanol–water partition coefficient (Wildman–Crippen LogP) is 3.02. The van der Waals surface area contributed by atoms with Gasteiger partial charge in [-0.05, 0) is 60.5 Å². The molecule has 2 aliphatic rings. The molecule has 37 heavy (non-hydrogen) atoms. The Bertz CT molecular complexity index is 1540. The Morgan fingerprint density at radius 3 is 2.84 bits per heavy atom. The summed E-state index contributed by atoms with van der Waals surface area (Å²) >= 11 is 0. The van der Waals surface area contributed by atoms with Gasteiger partial charge in [-0.1, -0.05) is 18.2 Å². The zero-order chi connectivity index (χ0) is 25.5. The van der Waals surface area contributed by atoms with E-state index in [1.165, 1.54) is 5.56 Å². The topological polar surface area (TPSA) is 111 Å². The molecule has 1 fully saturated rings. The maximum atomic E-state index is 13.0. The molecule has 1 saturated heterocycles. The highest BCUT2D eigenvalue weighted by molar-refractivity contribution is 6.05. The van der Waals surface area contributed by atoms with Gasteiger partial charge in [0.25, 0.3) is 5.91 Å². The van der Waals surface area contributed by atoms with Crippen molar-refractivity contribution < 1.29 is 14.4 Å². The summed E-state index contributed by atoms with van der Waals surface area (Å²) in [6, 6.07) is 15.3. The van der Waals surface area contributed by atoms with Crippen LogP contribution in [0, 0.1) is 0 Å². The number of rotatable bonds is 6. The predicted molar refractivity (Wildman–Crippen MR) is 137 cm³/mol. The van der Waals surface area contributed by atoms with Crippen molar-refractivity contribution in [2.45, 2.75) is 38.5 Å². The molecule has 2 N–H and O–H groups in total. The van der Waals surface area contributed by atoms with Gasteiger partial charge < -0.3 is 4.90 Å². The molecule has 0 saturated carbocycles. The molecule has 4 aromatic rings. The van der Waals surface area contributed by atoms with Gasteiger partial charge in [-0.25, -0.2) is 0 Å². The number of H-pyrrole nitrogens is 1. The van der Waals surface area contributed by atoms with Crippen molar-refractivity contribution in [3.05, 3.63) is 83.2 Å².